The minimum absolute atomic E-state index is 0.0794. The van der Waals surface area contributed by atoms with Crippen molar-refractivity contribution >= 4 is 34.6 Å². The second-order valence-corrected chi connectivity index (χ2v) is 19.1. The first-order valence-electron chi connectivity index (χ1n) is 22.6. The topological polar surface area (TPSA) is 228 Å². The molecule has 2 aromatic carbocycles. The summed E-state index contributed by atoms with van der Waals surface area (Å²) in [6.45, 7) is 8.73. The number of aryl methyl sites for hydroxylation is 2. The van der Waals surface area contributed by atoms with Crippen molar-refractivity contribution in [3.63, 3.8) is 0 Å². The number of nitrogens with one attached hydrogen (secondary N) is 1. The minimum atomic E-state index is -1.04. The summed E-state index contributed by atoms with van der Waals surface area (Å²) in [6.07, 6.45) is 10.0. The third-order valence-corrected chi connectivity index (χ3v) is 14.3. The maximum atomic E-state index is 13.1. The van der Waals surface area contributed by atoms with E-state index in [-0.39, 0.29) is 22.3 Å². The monoisotopic (exact) mass is 966 g/mol. The van der Waals surface area contributed by atoms with Crippen LogP contribution in [-0.2, 0) is 10.8 Å². The average molecular weight is 967 g/mol. The van der Waals surface area contributed by atoms with Gasteiger partial charge >= 0.3 is 5.97 Å². The molecule has 356 valence electrons. The van der Waals surface area contributed by atoms with Crippen LogP contribution in [0.1, 0.15) is 69.6 Å². The molecule has 0 radical (unpaired) electrons. The molecule has 2 aliphatic heterocycles. The lowest BCUT2D eigenvalue weighted by Gasteiger charge is -2.39. The normalized spacial score (nSPS) is 15.6. The lowest BCUT2D eigenvalue weighted by atomic mass is 9.76. The Bertz CT molecular complexity index is 2940. The third-order valence-electron chi connectivity index (χ3n) is 12.6. The fraction of sp³-hybridized carbons (Fsp3) is 0.320. The highest BCUT2D eigenvalue weighted by Gasteiger charge is 2.39. The van der Waals surface area contributed by atoms with Gasteiger partial charge in [-0.25, -0.2) is 14.8 Å². The Kier molecular flexibility index (Phi) is 15.5. The number of aromatic carboxylic acids is 1. The lowest BCUT2D eigenvalue weighted by Crippen LogP contribution is -2.48. The molecule has 0 aliphatic carbocycles. The molecule has 1 amide bonds. The number of piperidine rings is 2. The second-order valence-electron chi connectivity index (χ2n) is 17.4. The zero-order valence-corrected chi connectivity index (χ0v) is 40.5. The Morgan fingerprint density at radius 2 is 1.10 bits per heavy atom. The Morgan fingerprint density at radius 3 is 1.55 bits per heavy atom. The van der Waals surface area contributed by atoms with Crippen LogP contribution in [0.5, 0.6) is 0 Å². The number of carboxylic acid groups (broad SMARTS) is 1. The van der Waals surface area contributed by atoms with Gasteiger partial charge < -0.3 is 35.0 Å². The van der Waals surface area contributed by atoms with Crippen molar-refractivity contribution in [3.8, 4) is 43.9 Å². The molecule has 10 rings (SSSR count). The summed E-state index contributed by atoms with van der Waals surface area (Å²) in [5.74, 6) is 0.430. The van der Waals surface area contributed by atoms with Crippen molar-refractivity contribution in [2.75, 3.05) is 53.4 Å². The van der Waals surface area contributed by atoms with Crippen LogP contribution < -0.4 is 11.1 Å². The molecule has 0 atom stereocenters. The Balaban J connectivity index is 0.000000155. The van der Waals surface area contributed by atoms with Crippen LogP contribution in [0, 0.1) is 13.8 Å². The van der Waals surface area contributed by atoms with Crippen LogP contribution in [0.15, 0.2) is 117 Å². The highest BCUT2D eigenvalue weighted by atomic mass is 32.1. The van der Waals surface area contributed by atoms with E-state index in [0.29, 0.717) is 53.2 Å². The largest absolute Gasteiger partial charge is 0.478 e. The number of rotatable bonds is 11. The molecule has 4 N–H and O–H groups in total. The van der Waals surface area contributed by atoms with E-state index < -0.39 is 5.97 Å². The number of hydrogen-bond acceptors (Lipinski definition) is 17. The third kappa shape index (κ3) is 11.9. The van der Waals surface area contributed by atoms with Crippen LogP contribution >= 0.6 is 22.7 Å². The minimum Gasteiger partial charge on any atom is -0.478 e. The quantitative estimate of drug-likeness (QED) is 0.112. The zero-order chi connectivity index (χ0) is 48.4. The van der Waals surface area contributed by atoms with E-state index in [2.05, 4.69) is 107 Å². The van der Waals surface area contributed by atoms with E-state index in [1.54, 1.807) is 55.0 Å². The number of pyridine rings is 2. The Labute approximate surface area is 407 Å². The molecule has 0 bridgehead atoms. The number of carbonyl (C=O) groups is 2. The molecule has 2 saturated heterocycles. The number of nitrogens with zero attached hydrogens (tertiary/aromatic N) is 10. The number of likely N-dealkylation sites (tertiary alicyclic amines) is 2. The van der Waals surface area contributed by atoms with Gasteiger partial charge in [0.2, 0.25) is 23.4 Å². The summed E-state index contributed by atoms with van der Waals surface area (Å²) in [5, 5.41) is 26.0. The number of aromatic nitrogens is 8. The number of hydrogen-bond donors (Lipinski definition) is 3. The number of carboxylic acids is 1. The molecule has 0 saturated carbocycles. The molecule has 6 aromatic heterocycles. The van der Waals surface area contributed by atoms with Crippen LogP contribution in [0.25, 0.3) is 43.9 Å². The van der Waals surface area contributed by atoms with Crippen molar-refractivity contribution in [2.45, 2.75) is 50.4 Å². The van der Waals surface area contributed by atoms with Gasteiger partial charge in [-0.15, -0.1) is 22.7 Å². The highest BCUT2D eigenvalue weighted by molar-refractivity contribution is 7.13. The van der Waals surface area contributed by atoms with Gasteiger partial charge in [-0.05, 0) is 78.1 Å². The number of thiazole rings is 2. The van der Waals surface area contributed by atoms with Gasteiger partial charge in [0.1, 0.15) is 10.0 Å². The molecular weight excluding hydrogens is 913 g/mol. The SMILES string of the molecule is CN1CCC(CN)(c2csc(-c3ccccc3)n2)CC1.Cc1nc(-c2cncc(C(=O)NCC3(c4csc(-c5ccccc5)n4)CCN(C)CC3)c2)no1.Cc1nc(-c2cncc(C(=O)O)c2)no1. The van der Waals surface area contributed by atoms with Crippen molar-refractivity contribution < 1.29 is 23.7 Å². The molecule has 0 spiro atoms. The number of benzene rings is 2. The van der Waals surface area contributed by atoms with Gasteiger partial charge in [-0.1, -0.05) is 71.0 Å². The van der Waals surface area contributed by atoms with Crippen molar-refractivity contribution in [1.29, 1.82) is 0 Å². The van der Waals surface area contributed by atoms with Gasteiger partial charge in [-0.3, -0.25) is 14.8 Å². The molecule has 69 heavy (non-hydrogen) atoms. The molecule has 8 aromatic rings. The molecule has 17 nitrogen and oxygen atoms in total. The molecule has 2 aliphatic rings. The molecule has 19 heteroatoms. The smallest absolute Gasteiger partial charge is 0.337 e. The maximum absolute atomic E-state index is 13.1. The van der Waals surface area contributed by atoms with Gasteiger partial charge in [0.25, 0.3) is 5.91 Å². The van der Waals surface area contributed by atoms with Gasteiger partial charge in [0.15, 0.2) is 0 Å². The van der Waals surface area contributed by atoms with Crippen LogP contribution in [0.3, 0.4) is 0 Å². The van der Waals surface area contributed by atoms with Crippen LogP contribution in [0.2, 0.25) is 0 Å². The fourth-order valence-corrected chi connectivity index (χ4v) is 10.1. The lowest BCUT2D eigenvalue weighted by molar-refractivity contribution is 0.0696. The van der Waals surface area contributed by atoms with Crippen molar-refractivity contribution in [2.24, 2.45) is 5.73 Å². The van der Waals surface area contributed by atoms with E-state index in [9.17, 15) is 9.59 Å². The fourth-order valence-electron chi connectivity index (χ4n) is 8.19. The predicted octanol–water partition coefficient (Wildman–Crippen LogP) is 7.83. The summed E-state index contributed by atoms with van der Waals surface area (Å²) < 4.78 is 9.83. The average Bonchev–Trinajstić information content (AvgIpc) is 4.25. The number of nitrogens with two attached hydrogens (primary N) is 1. The summed E-state index contributed by atoms with van der Waals surface area (Å²) in [5.41, 5.74) is 12.3. The first-order valence-corrected chi connectivity index (χ1v) is 24.3. The van der Waals surface area contributed by atoms with E-state index in [4.69, 9.17) is 29.9 Å². The van der Waals surface area contributed by atoms with E-state index in [0.717, 1.165) is 73.1 Å². The molecular formula is C50H54N12O5S2. The summed E-state index contributed by atoms with van der Waals surface area (Å²) in [7, 11) is 4.31. The summed E-state index contributed by atoms with van der Waals surface area (Å²) >= 11 is 3.39. The summed E-state index contributed by atoms with van der Waals surface area (Å²) in [4.78, 5) is 54.6. The van der Waals surface area contributed by atoms with Gasteiger partial charge in [-0.2, -0.15) is 9.97 Å². The predicted molar refractivity (Wildman–Crippen MR) is 265 cm³/mol. The Hall–Kier alpha value is -6.90. The highest BCUT2D eigenvalue weighted by Crippen LogP contribution is 2.39. The maximum Gasteiger partial charge on any atom is 0.337 e. The number of amides is 1. The first kappa shape index (κ1) is 48.6. The van der Waals surface area contributed by atoms with E-state index in [1.807, 2.05) is 24.3 Å². The molecule has 2 fully saturated rings. The van der Waals surface area contributed by atoms with Crippen LogP contribution in [-0.4, -0.2) is 120 Å². The standard InChI is InChI=1S/C25H26N6O2S.C16H21N3S.C9H7N3O3/c1-17-28-22(30-33-17)19-12-20(14-26-13-19)23(32)27-16-25(8-10-31(2)11-9-25)21-15-34-24(29-21)18-6-4-3-5-7-18;1-19-9-7-16(12-17,8-10-19)14-11-20-15(18-14)13-5-3-2-4-6-13;1-5-11-8(12-15-5)6-2-7(9(13)14)4-10-3-6/h3-7,12-15H,8-11,16H2,1-2H3,(H,27,32);2-6,11H,7-10,12,17H2,1H3;2-4H,1H3,(H,13,14). The van der Waals surface area contributed by atoms with Crippen molar-refractivity contribution in [1.82, 2.24) is 55.3 Å². The van der Waals surface area contributed by atoms with E-state index in [1.165, 1.54) is 29.7 Å². The van der Waals surface area contributed by atoms with Gasteiger partial charge in [0.05, 0.1) is 22.5 Å². The van der Waals surface area contributed by atoms with E-state index >= 15 is 0 Å². The second kappa shape index (κ2) is 22.0. The zero-order valence-electron chi connectivity index (χ0n) is 38.9. The Morgan fingerprint density at radius 1 is 0.652 bits per heavy atom. The molecule has 8 heterocycles. The van der Waals surface area contributed by atoms with Gasteiger partial charge in [0, 0.05) is 95.6 Å². The van der Waals surface area contributed by atoms with Crippen molar-refractivity contribution in [3.05, 3.63) is 143 Å². The summed E-state index contributed by atoms with van der Waals surface area (Å²) in [6, 6.07) is 23.8. The van der Waals surface area contributed by atoms with Crippen LogP contribution in [0.4, 0.5) is 0 Å². The first-order chi connectivity index (χ1) is 33.4. The number of carbonyl (C=O) groups excluding carboxylic acids is 1. The molecule has 0 unspecified atom stereocenters.